The van der Waals surface area contributed by atoms with Gasteiger partial charge in [-0.2, -0.15) is 5.10 Å². The van der Waals surface area contributed by atoms with Gasteiger partial charge in [0.2, 0.25) is 0 Å². The molecule has 0 aliphatic heterocycles. The molecule has 2 atom stereocenters. The third-order valence-corrected chi connectivity index (χ3v) is 4.72. The predicted octanol–water partition coefficient (Wildman–Crippen LogP) is 1.92. The van der Waals surface area contributed by atoms with Gasteiger partial charge >= 0.3 is 0 Å². The van der Waals surface area contributed by atoms with Crippen molar-refractivity contribution in [3.05, 3.63) is 35.7 Å². The van der Waals surface area contributed by atoms with Crippen LogP contribution in [-0.4, -0.2) is 27.5 Å². The highest BCUT2D eigenvalue weighted by atomic mass is 32.2. The van der Waals surface area contributed by atoms with Gasteiger partial charge in [-0.3, -0.25) is 5.10 Å². The smallest absolute Gasteiger partial charge is 0.183 e. The molecule has 1 heterocycles. The number of nitrogens with one attached hydrogen (secondary N) is 1. The lowest BCUT2D eigenvalue weighted by Crippen LogP contribution is -2.29. The van der Waals surface area contributed by atoms with Crippen molar-refractivity contribution in [3.63, 3.8) is 0 Å². The molecule has 0 saturated carbocycles. The number of nitrogens with zero attached hydrogens (tertiary/aromatic N) is 2. The summed E-state index contributed by atoms with van der Waals surface area (Å²) in [4.78, 5) is 4.15. The fourth-order valence-electron chi connectivity index (χ4n) is 2.44. The minimum absolute atomic E-state index is 0.00560. The van der Waals surface area contributed by atoms with Gasteiger partial charge in [0, 0.05) is 11.3 Å². The molecule has 0 bridgehead atoms. The average molecular weight is 276 g/mol. The van der Waals surface area contributed by atoms with Gasteiger partial charge in [0.1, 0.15) is 12.1 Å². The molecule has 19 heavy (non-hydrogen) atoms. The number of ether oxygens (including phenoxy) is 1. The third-order valence-electron chi connectivity index (χ3n) is 3.47. The minimum Gasteiger partial charge on any atom is -0.497 e. The van der Waals surface area contributed by atoms with Gasteiger partial charge in [0.15, 0.2) is 5.16 Å². The number of methoxy groups -OCH3 is 1. The zero-order valence-corrected chi connectivity index (χ0v) is 11.5. The molecule has 3 N–H and O–H groups in total. The normalized spacial score (nSPS) is 22.0. The number of thioether (sulfide) groups is 1. The molecule has 1 aliphatic carbocycles. The number of aromatic amines is 1. The zero-order valence-electron chi connectivity index (χ0n) is 10.7. The average Bonchev–Trinajstić information content (AvgIpc) is 2.95. The first kappa shape index (κ1) is 12.5. The Balaban J connectivity index is 1.84. The molecule has 5 nitrogen and oxygen atoms in total. The van der Waals surface area contributed by atoms with Crippen LogP contribution in [0.1, 0.15) is 23.6 Å². The highest BCUT2D eigenvalue weighted by molar-refractivity contribution is 7.99. The van der Waals surface area contributed by atoms with Crippen LogP contribution in [0.15, 0.2) is 29.7 Å². The molecule has 1 aliphatic rings. The summed E-state index contributed by atoms with van der Waals surface area (Å²) in [5.74, 6) is 0.861. The van der Waals surface area contributed by atoms with E-state index in [1.807, 2.05) is 12.1 Å². The van der Waals surface area contributed by atoms with E-state index in [-0.39, 0.29) is 6.04 Å². The maximum Gasteiger partial charge on any atom is 0.183 e. The van der Waals surface area contributed by atoms with Crippen LogP contribution in [0.25, 0.3) is 0 Å². The van der Waals surface area contributed by atoms with Crippen molar-refractivity contribution in [1.82, 2.24) is 15.2 Å². The monoisotopic (exact) mass is 276 g/mol. The maximum atomic E-state index is 6.39. The molecule has 0 spiro atoms. The predicted molar refractivity (Wildman–Crippen MR) is 74.3 cm³/mol. The van der Waals surface area contributed by atoms with Crippen LogP contribution in [0, 0.1) is 0 Å². The zero-order chi connectivity index (χ0) is 13.2. The summed E-state index contributed by atoms with van der Waals surface area (Å²) in [6.45, 7) is 0. The van der Waals surface area contributed by atoms with E-state index in [4.69, 9.17) is 10.5 Å². The maximum absolute atomic E-state index is 6.39. The van der Waals surface area contributed by atoms with Crippen LogP contribution in [0.5, 0.6) is 5.75 Å². The number of rotatable bonds is 3. The highest BCUT2D eigenvalue weighted by Gasteiger charge is 2.28. The number of hydrogen-bond donors (Lipinski definition) is 2. The van der Waals surface area contributed by atoms with Crippen molar-refractivity contribution in [2.75, 3.05) is 7.11 Å². The Morgan fingerprint density at radius 2 is 2.37 bits per heavy atom. The summed E-state index contributed by atoms with van der Waals surface area (Å²) in [7, 11) is 1.68. The van der Waals surface area contributed by atoms with Crippen molar-refractivity contribution in [2.45, 2.75) is 29.3 Å². The van der Waals surface area contributed by atoms with Gasteiger partial charge in [0.05, 0.1) is 7.11 Å². The van der Waals surface area contributed by atoms with Crippen molar-refractivity contribution in [1.29, 1.82) is 0 Å². The number of hydrogen-bond acceptors (Lipinski definition) is 5. The summed E-state index contributed by atoms with van der Waals surface area (Å²) in [5.41, 5.74) is 8.90. The number of benzene rings is 1. The number of H-pyrrole nitrogens is 1. The summed E-state index contributed by atoms with van der Waals surface area (Å²) < 4.78 is 5.28. The molecule has 2 aromatic rings. The van der Waals surface area contributed by atoms with Gasteiger partial charge in [-0.15, -0.1) is 0 Å². The van der Waals surface area contributed by atoms with Crippen LogP contribution < -0.4 is 10.5 Å². The highest BCUT2D eigenvalue weighted by Crippen LogP contribution is 2.38. The van der Waals surface area contributed by atoms with Crippen LogP contribution in [0.2, 0.25) is 0 Å². The van der Waals surface area contributed by atoms with Crippen molar-refractivity contribution in [2.24, 2.45) is 5.73 Å². The van der Waals surface area contributed by atoms with E-state index < -0.39 is 0 Å². The SMILES string of the molecule is COc1ccc2c(c1)C(N)C(Sc1ncn[nH]1)CC2. The molecular formula is C13H16N4OS. The summed E-state index contributed by atoms with van der Waals surface area (Å²) in [6.07, 6.45) is 3.61. The van der Waals surface area contributed by atoms with Crippen molar-refractivity contribution < 1.29 is 4.74 Å². The molecule has 0 fully saturated rings. The van der Waals surface area contributed by atoms with Crippen LogP contribution in [0.4, 0.5) is 0 Å². The third kappa shape index (κ3) is 2.46. The summed E-state index contributed by atoms with van der Waals surface area (Å²) in [5, 5.41) is 7.88. The molecule has 0 amide bonds. The fraction of sp³-hybridized carbons (Fsp3) is 0.385. The minimum atomic E-state index is -0.00560. The number of nitrogens with two attached hydrogens (primary N) is 1. The van der Waals surface area contributed by atoms with E-state index in [9.17, 15) is 0 Å². The van der Waals surface area contributed by atoms with E-state index in [1.54, 1.807) is 18.9 Å². The molecular weight excluding hydrogens is 260 g/mol. The van der Waals surface area contributed by atoms with Gasteiger partial charge in [-0.1, -0.05) is 17.8 Å². The first-order valence-electron chi connectivity index (χ1n) is 6.22. The number of aryl methyl sites for hydroxylation is 1. The van der Waals surface area contributed by atoms with Gasteiger partial charge in [-0.25, -0.2) is 4.98 Å². The summed E-state index contributed by atoms with van der Waals surface area (Å²) in [6, 6.07) is 6.15. The second-order valence-electron chi connectivity index (χ2n) is 4.58. The fourth-order valence-corrected chi connectivity index (χ4v) is 3.47. The van der Waals surface area contributed by atoms with E-state index in [0.717, 1.165) is 23.7 Å². The largest absolute Gasteiger partial charge is 0.497 e. The van der Waals surface area contributed by atoms with Crippen molar-refractivity contribution in [3.8, 4) is 5.75 Å². The van der Waals surface area contributed by atoms with Crippen LogP contribution >= 0.6 is 11.8 Å². The second kappa shape index (κ2) is 5.22. The Morgan fingerprint density at radius 1 is 1.47 bits per heavy atom. The Kier molecular flexibility index (Phi) is 3.44. The molecule has 1 aromatic carbocycles. The topological polar surface area (TPSA) is 76.8 Å². The molecule has 2 unspecified atom stereocenters. The lowest BCUT2D eigenvalue weighted by atomic mass is 9.87. The number of aromatic nitrogens is 3. The second-order valence-corrected chi connectivity index (χ2v) is 5.80. The van der Waals surface area contributed by atoms with Crippen LogP contribution in [0.3, 0.4) is 0 Å². The summed E-state index contributed by atoms with van der Waals surface area (Å²) >= 11 is 1.66. The Bertz CT molecular complexity index is 558. The Labute approximate surface area is 116 Å². The van der Waals surface area contributed by atoms with E-state index in [2.05, 4.69) is 21.2 Å². The lowest BCUT2D eigenvalue weighted by molar-refractivity contribution is 0.412. The lowest BCUT2D eigenvalue weighted by Gasteiger charge is -2.30. The number of fused-ring (bicyclic) bond motifs is 1. The quantitative estimate of drug-likeness (QED) is 0.895. The van der Waals surface area contributed by atoms with E-state index in [1.165, 1.54) is 17.5 Å². The first-order valence-corrected chi connectivity index (χ1v) is 7.10. The van der Waals surface area contributed by atoms with Gasteiger partial charge in [-0.05, 0) is 36.1 Å². The first-order chi connectivity index (χ1) is 9.28. The van der Waals surface area contributed by atoms with E-state index >= 15 is 0 Å². The molecule has 0 saturated heterocycles. The standard InChI is InChI=1S/C13H16N4OS/c1-18-9-4-2-8-3-5-11(12(14)10(8)6-9)19-13-15-7-16-17-13/h2,4,6-7,11-12H,3,5,14H2,1H3,(H,15,16,17). The Morgan fingerprint density at radius 3 is 3.11 bits per heavy atom. The molecule has 6 heteroatoms. The van der Waals surface area contributed by atoms with Gasteiger partial charge in [0.25, 0.3) is 0 Å². The molecule has 1 aromatic heterocycles. The molecule has 0 radical (unpaired) electrons. The van der Waals surface area contributed by atoms with E-state index in [0.29, 0.717) is 5.25 Å². The molecule has 3 rings (SSSR count). The van der Waals surface area contributed by atoms with Crippen LogP contribution in [-0.2, 0) is 6.42 Å². The Hall–Kier alpha value is -1.53. The van der Waals surface area contributed by atoms with Crippen molar-refractivity contribution >= 4 is 11.8 Å². The van der Waals surface area contributed by atoms with Gasteiger partial charge < -0.3 is 10.5 Å². The molecule has 100 valence electrons.